The molecule has 5 nitrogen and oxygen atoms in total. The van der Waals surface area contributed by atoms with Crippen LogP contribution in [-0.2, 0) is 9.59 Å². The van der Waals surface area contributed by atoms with E-state index in [9.17, 15) is 9.59 Å². The number of benzene rings is 1. The van der Waals surface area contributed by atoms with Gasteiger partial charge in [0.15, 0.2) is 11.5 Å². The fraction of sp³-hybridized carbons (Fsp3) is 0.412. The van der Waals surface area contributed by atoms with Crippen molar-refractivity contribution in [3.05, 3.63) is 29.8 Å². The average Bonchev–Trinajstić information content (AvgIpc) is 2.52. The van der Waals surface area contributed by atoms with Gasteiger partial charge >= 0.3 is 5.97 Å². The van der Waals surface area contributed by atoms with Crippen LogP contribution in [0.15, 0.2) is 24.3 Å². The number of carboxylic acid groups (broad SMARTS) is 1. The van der Waals surface area contributed by atoms with E-state index in [1.54, 1.807) is 18.2 Å². The Morgan fingerprint density at radius 3 is 2.59 bits per heavy atom. The Hall–Kier alpha value is -2.30. The Morgan fingerprint density at radius 2 is 1.95 bits per heavy atom. The van der Waals surface area contributed by atoms with E-state index in [2.05, 4.69) is 6.92 Å². The molecule has 0 radical (unpaired) electrons. The van der Waals surface area contributed by atoms with Gasteiger partial charge in [-0.05, 0) is 30.2 Å². The molecule has 0 saturated carbocycles. The number of ketones is 1. The van der Waals surface area contributed by atoms with Crippen LogP contribution in [0, 0.1) is 0 Å². The summed E-state index contributed by atoms with van der Waals surface area (Å²) in [5, 5.41) is 8.52. The van der Waals surface area contributed by atoms with Crippen molar-refractivity contribution in [3.63, 3.8) is 0 Å². The number of hydrogen-bond donors (Lipinski definition) is 1. The quantitative estimate of drug-likeness (QED) is 0.408. The summed E-state index contributed by atoms with van der Waals surface area (Å²) in [5.74, 6) is -1.24. The molecule has 0 aliphatic carbocycles. The average molecular weight is 306 g/mol. The molecule has 120 valence electrons. The highest BCUT2D eigenvalue weighted by molar-refractivity contribution is 6.38. The highest BCUT2D eigenvalue weighted by Gasteiger charge is 2.07. The van der Waals surface area contributed by atoms with Crippen molar-refractivity contribution in [1.29, 1.82) is 0 Å². The first-order valence-electron chi connectivity index (χ1n) is 7.34. The van der Waals surface area contributed by atoms with E-state index < -0.39 is 11.8 Å². The molecule has 0 fully saturated rings. The molecule has 0 aliphatic heterocycles. The summed E-state index contributed by atoms with van der Waals surface area (Å²) >= 11 is 0. The minimum absolute atomic E-state index is 0.556. The van der Waals surface area contributed by atoms with Gasteiger partial charge in [-0.3, -0.25) is 4.79 Å². The lowest BCUT2D eigenvalue weighted by Crippen LogP contribution is -2.08. The molecule has 1 aromatic carbocycles. The minimum atomic E-state index is -1.48. The van der Waals surface area contributed by atoms with Crippen molar-refractivity contribution in [2.75, 3.05) is 13.7 Å². The molecular formula is C17H22O5. The fourth-order valence-electron chi connectivity index (χ4n) is 1.86. The lowest BCUT2D eigenvalue weighted by Gasteiger charge is -2.11. The van der Waals surface area contributed by atoms with Crippen LogP contribution in [0.25, 0.3) is 6.08 Å². The Bertz CT molecular complexity index is 534. The lowest BCUT2D eigenvalue weighted by molar-refractivity contribution is -0.146. The Kier molecular flexibility index (Phi) is 7.75. The van der Waals surface area contributed by atoms with Crippen LogP contribution in [0.2, 0.25) is 0 Å². The molecule has 0 saturated heterocycles. The molecule has 1 aromatic rings. The Balaban J connectivity index is 2.66. The second kappa shape index (κ2) is 9.60. The summed E-state index contributed by atoms with van der Waals surface area (Å²) in [5.41, 5.74) is 0.671. The number of methoxy groups -OCH3 is 1. The molecule has 0 aromatic heterocycles. The normalized spacial score (nSPS) is 10.6. The second-order valence-electron chi connectivity index (χ2n) is 4.82. The van der Waals surface area contributed by atoms with Crippen LogP contribution in [0.1, 0.15) is 38.2 Å². The van der Waals surface area contributed by atoms with Crippen LogP contribution in [0.3, 0.4) is 0 Å². The van der Waals surface area contributed by atoms with Gasteiger partial charge < -0.3 is 14.6 Å². The second-order valence-corrected chi connectivity index (χ2v) is 4.82. The van der Waals surface area contributed by atoms with Gasteiger partial charge in [0.05, 0.1) is 13.7 Å². The fourth-order valence-corrected chi connectivity index (χ4v) is 1.86. The predicted molar refractivity (Wildman–Crippen MR) is 84.3 cm³/mol. The van der Waals surface area contributed by atoms with Gasteiger partial charge in [0.25, 0.3) is 5.78 Å². The topological polar surface area (TPSA) is 72.8 Å². The van der Waals surface area contributed by atoms with Gasteiger partial charge in [-0.2, -0.15) is 0 Å². The van der Waals surface area contributed by atoms with E-state index in [1.165, 1.54) is 26.0 Å². The SMILES string of the molecule is CCCCCCOc1ccc(/C=C/C(=O)C(=O)O)cc1OC. The summed E-state index contributed by atoms with van der Waals surface area (Å²) in [6.45, 7) is 2.79. The first-order chi connectivity index (χ1) is 10.6. The zero-order chi connectivity index (χ0) is 16.4. The third-order valence-corrected chi connectivity index (χ3v) is 3.08. The summed E-state index contributed by atoms with van der Waals surface area (Å²) in [6.07, 6.45) is 6.95. The van der Waals surface area contributed by atoms with Crippen molar-refractivity contribution in [2.24, 2.45) is 0 Å². The number of ether oxygens (including phenoxy) is 2. The largest absolute Gasteiger partial charge is 0.493 e. The predicted octanol–water partition coefficient (Wildman–Crippen LogP) is 3.32. The van der Waals surface area contributed by atoms with Crippen molar-refractivity contribution < 1.29 is 24.2 Å². The minimum Gasteiger partial charge on any atom is -0.493 e. The van der Waals surface area contributed by atoms with Gasteiger partial charge in [0.2, 0.25) is 0 Å². The first-order valence-corrected chi connectivity index (χ1v) is 7.34. The zero-order valence-electron chi connectivity index (χ0n) is 13.0. The molecule has 0 spiro atoms. The van der Waals surface area contributed by atoms with E-state index in [-0.39, 0.29) is 0 Å². The lowest BCUT2D eigenvalue weighted by atomic mass is 10.1. The van der Waals surface area contributed by atoms with Crippen molar-refractivity contribution >= 4 is 17.8 Å². The molecule has 0 unspecified atom stereocenters. The maximum Gasteiger partial charge on any atom is 0.376 e. The third kappa shape index (κ3) is 5.99. The Labute approximate surface area is 130 Å². The van der Waals surface area contributed by atoms with Gasteiger partial charge in [0, 0.05) is 0 Å². The number of hydrogen-bond acceptors (Lipinski definition) is 4. The highest BCUT2D eigenvalue weighted by atomic mass is 16.5. The monoisotopic (exact) mass is 306 g/mol. The van der Waals surface area contributed by atoms with E-state index in [4.69, 9.17) is 14.6 Å². The van der Waals surface area contributed by atoms with Crippen molar-refractivity contribution in [3.8, 4) is 11.5 Å². The van der Waals surface area contributed by atoms with Gasteiger partial charge in [0.1, 0.15) is 0 Å². The molecule has 0 heterocycles. The van der Waals surface area contributed by atoms with Crippen molar-refractivity contribution in [1.82, 2.24) is 0 Å². The molecule has 0 bridgehead atoms. The first kappa shape index (κ1) is 17.8. The summed E-state index contributed by atoms with van der Waals surface area (Å²) in [4.78, 5) is 21.5. The molecule has 0 atom stereocenters. The van der Waals surface area contributed by atoms with Crippen LogP contribution in [-0.4, -0.2) is 30.6 Å². The molecule has 0 amide bonds. The number of aliphatic carboxylic acids is 1. The summed E-state index contributed by atoms with van der Waals surface area (Å²) in [6, 6.07) is 5.20. The molecule has 0 aliphatic rings. The van der Waals surface area contributed by atoms with Crippen LogP contribution in [0.4, 0.5) is 0 Å². The number of carboxylic acids is 1. The Morgan fingerprint density at radius 1 is 1.18 bits per heavy atom. The number of carbonyl (C=O) groups excluding carboxylic acids is 1. The molecule has 22 heavy (non-hydrogen) atoms. The number of rotatable bonds is 10. The number of unbranched alkanes of at least 4 members (excludes halogenated alkanes) is 3. The molecule has 1 N–H and O–H groups in total. The smallest absolute Gasteiger partial charge is 0.376 e. The molecule has 1 rings (SSSR count). The standard InChI is InChI=1S/C17H22O5/c1-3-4-5-6-11-22-15-10-8-13(12-16(15)21-2)7-9-14(18)17(19)20/h7-10,12H,3-6,11H2,1-2H3,(H,19,20)/b9-7+. The highest BCUT2D eigenvalue weighted by Crippen LogP contribution is 2.28. The van der Waals surface area contributed by atoms with E-state index in [0.29, 0.717) is 23.7 Å². The number of carbonyl (C=O) groups is 2. The van der Waals surface area contributed by atoms with Crippen LogP contribution < -0.4 is 9.47 Å². The zero-order valence-corrected chi connectivity index (χ0v) is 13.0. The summed E-state index contributed by atoms with van der Waals surface area (Å²) < 4.78 is 10.9. The van der Waals surface area contributed by atoms with Gasteiger partial charge in [-0.1, -0.05) is 38.3 Å². The van der Waals surface area contributed by atoms with Gasteiger partial charge in [-0.25, -0.2) is 4.79 Å². The molecule has 5 heteroatoms. The van der Waals surface area contributed by atoms with Crippen LogP contribution >= 0.6 is 0 Å². The van der Waals surface area contributed by atoms with Crippen LogP contribution in [0.5, 0.6) is 11.5 Å². The molecular weight excluding hydrogens is 284 g/mol. The third-order valence-electron chi connectivity index (χ3n) is 3.08. The van der Waals surface area contributed by atoms with E-state index in [1.807, 2.05) is 0 Å². The van der Waals surface area contributed by atoms with E-state index >= 15 is 0 Å². The maximum absolute atomic E-state index is 11.0. The van der Waals surface area contributed by atoms with Crippen molar-refractivity contribution in [2.45, 2.75) is 32.6 Å². The maximum atomic E-state index is 11.0. The van der Waals surface area contributed by atoms with Gasteiger partial charge in [-0.15, -0.1) is 0 Å². The van der Waals surface area contributed by atoms with E-state index in [0.717, 1.165) is 18.9 Å². The summed E-state index contributed by atoms with van der Waals surface area (Å²) in [7, 11) is 1.54.